The zero-order chi connectivity index (χ0) is 13.7. The molecule has 1 amide bonds. The number of nitrogens with one attached hydrogen (secondary N) is 1. The maximum atomic E-state index is 12.2. The van der Waals surface area contributed by atoms with Crippen molar-refractivity contribution < 1.29 is 9.53 Å². The summed E-state index contributed by atoms with van der Waals surface area (Å²) in [7, 11) is 1.55. The number of para-hydroxylation sites is 1. The molecule has 1 aromatic heterocycles. The second-order valence-electron chi connectivity index (χ2n) is 4.15. The molecule has 0 saturated carbocycles. The number of nitrogens with zero attached hydrogens (tertiary/aromatic N) is 1. The van der Waals surface area contributed by atoms with Crippen molar-refractivity contribution in [3.05, 3.63) is 59.9 Å². The second-order valence-corrected chi connectivity index (χ2v) is 4.15. The molecular formula is C15H16N2O2. The van der Waals surface area contributed by atoms with Crippen molar-refractivity contribution in [3.8, 4) is 5.75 Å². The van der Waals surface area contributed by atoms with E-state index in [1.54, 1.807) is 25.4 Å². The summed E-state index contributed by atoms with van der Waals surface area (Å²) in [6.45, 7) is 1.90. The molecule has 0 aliphatic carbocycles. The fourth-order valence-corrected chi connectivity index (χ4v) is 1.81. The van der Waals surface area contributed by atoms with Crippen molar-refractivity contribution in [1.29, 1.82) is 0 Å². The van der Waals surface area contributed by atoms with E-state index in [0.717, 1.165) is 5.69 Å². The van der Waals surface area contributed by atoms with Gasteiger partial charge in [0.2, 0.25) is 0 Å². The molecule has 1 unspecified atom stereocenters. The molecule has 4 nitrogen and oxygen atoms in total. The Hall–Kier alpha value is -2.36. The van der Waals surface area contributed by atoms with Gasteiger partial charge in [-0.2, -0.15) is 0 Å². The van der Waals surface area contributed by atoms with E-state index in [0.29, 0.717) is 11.3 Å². The molecule has 4 heteroatoms. The molecule has 1 heterocycles. The summed E-state index contributed by atoms with van der Waals surface area (Å²) in [6, 6.07) is 12.6. The molecule has 2 rings (SSSR count). The third kappa shape index (κ3) is 3.10. The number of aromatic nitrogens is 1. The molecular weight excluding hydrogens is 240 g/mol. The van der Waals surface area contributed by atoms with Crippen molar-refractivity contribution >= 4 is 5.91 Å². The van der Waals surface area contributed by atoms with Gasteiger partial charge in [-0.05, 0) is 31.2 Å². The molecule has 2 aromatic rings. The number of hydrogen-bond donors (Lipinski definition) is 1. The zero-order valence-electron chi connectivity index (χ0n) is 11.0. The van der Waals surface area contributed by atoms with Crippen LogP contribution in [0.15, 0.2) is 48.7 Å². The first-order valence-electron chi connectivity index (χ1n) is 6.07. The minimum Gasteiger partial charge on any atom is -0.496 e. The molecule has 0 radical (unpaired) electrons. The average Bonchev–Trinajstić information content (AvgIpc) is 2.48. The van der Waals surface area contributed by atoms with Crippen LogP contribution >= 0.6 is 0 Å². The summed E-state index contributed by atoms with van der Waals surface area (Å²) in [5.74, 6) is 0.392. The SMILES string of the molecule is COc1ccccc1C(=O)NC(C)c1ccccn1. The summed E-state index contributed by atoms with van der Waals surface area (Å²) in [5, 5.41) is 2.91. The highest BCUT2D eigenvalue weighted by Gasteiger charge is 2.15. The lowest BCUT2D eigenvalue weighted by molar-refractivity contribution is 0.0936. The van der Waals surface area contributed by atoms with E-state index in [2.05, 4.69) is 10.3 Å². The van der Waals surface area contributed by atoms with Gasteiger partial charge in [0.15, 0.2) is 0 Å². The van der Waals surface area contributed by atoms with Crippen molar-refractivity contribution in [3.63, 3.8) is 0 Å². The van der Waals surface area contributed by atoms with Gasteiger partial charge in [-0.1, -0.05) is 18.2 Å². The number of ether oxygens (including phenoxy) is 1. The number of carbonyl (C=O) groups excluding carboxylic acids is 1. The maximum absolute atomic E-state index is 12.2. The van der Waals surface area contributed by atoms with E-state index in [1.165, 1.54) is 0 Å². The van der Waals surface area contributed by atoms with Crippen LogP contribution in [0.3, 0.4) is 0 Å². The Bertz CT molecular complexity index is 555. The van der Waals surface area contributed by atoms with Gasteiger partial charge < -0.3 is 10.1 Å². The molecule has 0 aliphatic heterocycles. The van der Waals surface area contributed by atoms with Gasteiger partial charge in [0, 0.05) is 6.20 Å². The van der Waals surface area contributed by atoms with Crippen LogP contribution in [0.25, 0.3) is 0 Å². The summed E-state index contributed by atoms with van der Waals surface area (Å²) in [5.41, 5.74) is 1.35. The Morgan fingerprint density at radius 1 is 1.21 bits per heavy atom. The highest BCUT2D eigenvalue weighted by molar-refractivity contribution is 5.97. The van der Waals surface area contributed by atoms with Crippen LogP contribution in [0.4, 0.5) is 0 Å². The minimum absolute atomic E-state index is 0.154. The van der Waals surface area contributed by atoms with Gasteiger partial charge in [0.05, 0.1) is 24.4 Å². The van der Waals surface area contributed by atoms with Crippen LogP contribution in [0.1, 0.15) is 29.0 Å². The van der Waals surface area contributed by atoms with Crippen molar-refractivity contribution in [1.82, 2.24) is 10.3 Å². The Labute approximate surface area is 112 Å². The standard InChI is InChI=1S/C15H16N2O2/c1-11(13-8-5-6-10-16-13)17-15(18)12-7-3-4-9-14(12)19-2/h3-11H,1-2H3,(H,17,18). The number of hydrogen-bond acceptors (Lipinski definition) is 3. The summed E-state index contributed by atoms with van der Waals surface area (Å²) in [6.07, 6.45) is 1.71. The number of rotatable bonds is 4. The van der Waals surface area contributed by atoms with Crippen LogP contribution in [0.2, 0.25) is 0 Å². The van der Waals surface area contributed by atoms with E-state index >= 15 is 0 Å². The van der Waals surface area contributed by atoms with Gasteiger partial charge in [0.25, 0.3) is 5.91 Å². The topological polar surface area (TPSA) is 51.2 Å². The van der Waals surface area contributed by atoms with E-state index in [4.69, 9.17) is 4.74 Å². The van der Waals surface area contributed by atoms with Crippen LogP contribution in [0, 0.1) is 0 Å². The van der Waals surface area contributed by atoms with E-state index in [1.807, 2.05) is 37.3 Å². The first-order valence-corrected chi connectivity index (χ1v) is 6.07. The number of methoxy groups -OCH3 is 1. The van der Waals surface area contributed by atoms with Crippen molar-refractivity contribution in [2.45, 2.75) is 13.0 Å². The third-order valence-corrected chi connectivity index (χ3v) is 2.83. The highest BCUT2D eigenvalue weighted by atomic mass is 16.5. The first kappa shape index (κ1) is 13.1. The molecule has 0 aliphatic rings. The molecule has 1 N–H and O–H groups in total. The van der Waals surface area contributed by atoms with E-state index in [9.17, 15) is 4.79 Å². The van der Waals surface area contributed by atoms with Crippen LogP contribution in [-0.4, -0.2) is 18.0 Å². The summed E-state index contributed by atoms with van der Waals surface area (Å²) in [4.78, 5) is 16.4. The first-order chi connectivity index (χ1) is 9.22. The smallest absolute Gasteiger partial charge is 0.255 e. The number of amides is 1. The van der Waals surface area contributed by atoms with Crippen LogP contribution in [0.5, 0.6) is 5.75 Å². The molecule has 1 aromatic carbocycles. The number of carbonyl (C=O) groups is 1. The monoisotopic (exact) mass is 256 g/mol. The molecule has 98 valence electrons. The van der Waals surface area contributed by atoms with Gasteiger partial charge >= 0.3 is 0 Å². The predicted molar refractivity (Wildman–Crippen MR) is 73.1 cm³/mol. The minimum atomic E-state index is -0.171. The number of pyridine rings is 1. The zero-order valence-corrected chi connectivity index (χ0v) is 11.0. The van der Waals surface area contributed by atoms with E-state index in [-0.39, 0.29) is 11.9 Å². The number of benzene rings is 1. The Kier molecular flexibility index (Phi) is 4.13. The largest absolute Gasteiger partial charge is 0.496 e. The van der Waals surface area contributed by atoms with Crippen molar-refractivity contribution in [2.24, 2.45) is 0 Å². The molecule has 0 fully saturated rings. The lowest BCUT2D eigenvalue weighted by atomic mass is 10.1. The average molecular weight is 256 g/mol. The van der Waals surface area contributed by atoms with Gasteiger partial charge in [0.1, 0.15) is 5.75 Å². The quantitative estimate of drug-likeness (QED) is 0.914. The van der Waals surface area contributed by atoms with Gasteiger partial charge in [-0.15, -0.1) is 0 Å². The summed E-state index contributed by atoms with van der Waals surface area (Å²) < 4.78 is 5.18. The Morgan fingerprint density at radius 2 is 1.95 bits per heavy atom. The fourth-order valence-electron chi connectivity index (χ4n) is 1.81. The van der Waals surface area contributed by atoms with Gasteiger partial charge in [-0.3, -0.25) is 9.78 Å². The van der Waals surface area contributed by atoms with Gasteiger partial charge in [-0.25, -0.2) is 0 Å². The Balaban J connectivity index is 2.13. The maximum Gasteiger partial charge on any atom is 0.255 e. The molecule has 0 bridgehead atoms. The van der Waals surface area contributed by atoms with Crippen LogP contribution < -0.4 is 10.1 Å². The Morgan fingerprint density at radius 3 is 2.63 bits per heavy atom. The molecule has 0 saturated heterocycles. The highest BCUT2D eigenvalue weighted by Crippen LogP contribution is 2.18. The summed E-state index contributed by atoms with van der Waals surface area (Å²) >= 11 is 0. The molecule has 0 spiro atoms. The lowest BCUT2D eigenvalue weighted by Crippen LogP contribution is -2.27. The normalized spacial score (nSPS) is 11.7. The van der Waals surface area contributed by atoms with Crippen LogP contribution in [-0.2, 0) is 0 Å². The fraction of sp³-hybridized carbons (Fsp3) is 0.200. The predicted octanol–water partition coefficient (Wildman–Crippen LogP) is 2.58. The van der Waals surface area contributed by atoms with Crippen molar-refractivity contribution in [2.75, 3.05) is 7.11 Å². The second kappa shape index (κ2) is 6.00. The lowest BCUT2D eigenvalue weighted by Gasteiger charge is -2.14. The third-order valence-electron chi connectivity index (χ3n) is 2.83. The van der Waals surface area contributed by atoms with E-state index < -0.39 is 0 Å². The molecule has 1 atom stereocenters. The molecule has 19 heavy (non-hydrogen) atoms.